The number of ether oxygens (including phenoxy) is 1. The van der Waals surface area contributed by atoms with E-state index in [4.69, 9.17) is 4.74 Å². The van der Waals surface area contributed by atoms with Crippen molar-refractivity contribution in [3.63, 3.8) is 0 Å². The van der Waals surface area contributed by atoms with Gasteiger partial charge in [0.2, 0.25) is 0 Å². The first-order chi connectivity index (χ1) is 14.7. The second-order valence-corrected chi connectivity index (χ2v) is 8.52. The number of carbonyl (C=O) groups is 2. The quantitative estimate of drug-likeness (QED) is 0.673. The number of nitrogens with zero attached hydrogens (tertiary/aromatic N) is 1. The van der Waals surface area contributed by atoms with Crippen LogP contribution >= 0.6 is 0 Å². The van der Waals surface area contributed by atoms with Crippen molar-refractivity contribution in [2.24, 2.45) is 11.3 Å². The summed E-state index contributed by atoms with van der Waals surface area (Å²) in [6.45, 7) is 6.68. The van der Waals surface area contributed by atoms with Gasteiger partial charge in [0, 0.05) is 12.3 Å². The molecule has 1 heterocycles. The molecule has 2 aromatic rings. The Hall–Kier alpha value is -3.03. The van der Waals surface area contributed by atoms with E-state index in [1.807, 2.05) is 5.32 Å². The average molecular weight is 431 g/mol. The van der Waals surface area contributed by atoms with Crippen molar-refractivity contribution in [1.29, 1.82) is 0 Å². The molecule has 31 heavy (non-hydrogen) atoms. The summed E-state index contributed by atoms with van der Waals surface area (Å²) in [5.41, 5.74) is -0.383. The van der Waals surface area contributed by atoms with Gasteiger partial charge in [0.1, 0.15) is 28.6 Å². The first kappa shape index (κ1) is 22.7. The van der Waals surface area contributed by atoms with Gasteiger partial charge >= 0.3 is 6.03 Å². The van der Waals surface area contributed by atoms with Gasteiger partial charge in [-0.2, -0.15) is 0 Å². The largest absolute Gasteiger partial charge is 0.488 e. The van der Waals surface area contributed by atoms with Gasteiger partial charge in [0.25, 0.3) is 5.91 Å². The number of benzene rings is 1. The molecule has 1 saturated carbocycles. The number of urea groups is 1. The maximum absolute atomic E-state index is 13.8. The fourth-order valence-corrected chi connectivity index (χ4v) is 3.87. The molecule has 3 rings (SSSR count). The minimum Gasteiger partial charge on any atom is -0.488 e. The Kier molecular flexibility index (Phi) is 6.87. The fraction of sp³-hybridized carbons (Fsp3) is 0.435. The maximum Gasteiger partial charge on any atom is 0.326 e. The van der Waals surface area contributed by atoms with Crippen molar-refractivity contribution >= 4 is 17.6 Å². The van der Waals surface area contributed by atoms with E-state index in [-0.39, 0.29) is 17.2 Å². The third kappa shape index (κ3) is 5.37. The molecule has 2 unspecified atom stereocenters. The van der Waals surface area contributed by atoms with Gasteiger partial charge < -0.3 is 10.1 Å². The summed E-state index contributed by atoms with van der Waals surface area (Å²) in [6.07, 6.45) is 6.92. The molecular weight excluding hydrogens is 404 g/mol. The fourth-order valence-electron chi connectivity index (χ4n) is 3.87. The first-order valence-corrected chi connectivity index (χ1v) is 10.4. The molecule has 166 valence electrons. The van der Waals surface area contributed by atoms with Gasteiger partial charge in [-0.15, -0.1) is 0 Å². The van der Waals surface area contributed by atoms with Gasteiger partial charge in [0.05, 0.1) is 12.3 Å². The summed E-state index contributed by atoms with van der Waals surface area (Å²) in [5, 5.41) is 4.41. The van der Waals surface area contributed by atoms with Crippen LogP contribution in [-0.4, -0.2) is 23.0 Å². The zero-order chi connectivity index (χ0) is 22.6. The Bertz CT molecular complexity index is 947. The van der Waals surface area contributed by atoms with Crippen LogP contribution in [0.3, 0.4) is 0 Å². The highest BCUT2D eigenvalue weighted by Crippen LogP contribution is 2.43. The zero-order valence-corrected chi connectivity index (χ0v) is 17.9. The molecule has 1 fully saturated rings. The average Bonchev–Trinajstić information content (AvgIpc) is 2.69. The zero-order valence-electron chi connectivity index (χ0n) is 17.9. The van der Waals surface area contributed by atoms with Crippen molar-refractivity contribution in [3.05, 3.63) is 53.9 Å². The molecule has 1 aromatic carbocycles. The number of hydrogen-bond acceptors (Lipinski definition) is 4. The summed E-state index contributed by atoms with van der Waals surface area (Å²) in [6, 6.07) is 3.71. The van der Waals surface area contributed by atoms with Crippen LogP contribution in [0.15, 0.2) is 36.7 Å². The van der Waals surface area contributed by atoms with E-state index >= 15 is 0 Å². The number of nitrogens with one attached hydrogen (secondary N) is 2. The summed E-state index contributed by atoms with van der Waals surface area (Å²) < 4.78 is 33.7. The lowest BCUT2D eigenvalue weighted by Gasteiger charge is -2.41. The summed E-state index contributed by atoms with van der Waals surface area (Å²) >= 11 is 0. The van der Waals surface area contributed by atoms with E-state index < -0.39 is 29.1 Å². The summed E-state index contributed by atoms with van der Waals surface area (Å²) in [4.78, 5) is 28.4. The van der Waals surface area contributed by atoms with Gasteiger partial charge in [-0.05, 0) is 49.1 Å². The minimum atomic E-state index is -1.18. The number of pyridine rings is 1. The Labute approximate surface area is 180 Å². The number of hydrogen-bond donors (Lipinski definition) is 2. The van der Waals surface area contributed by atoms with Crippen LogP contribution in [0.25, 0.3) is 0 Å². The van der Waals surface area contributed by atoms with Crippen molar-refractivity contribution in [3.8, 4) is 5.75 Å². The lowest BCUT2D eigenvalue weighted by molar-refractivity contribution is 0.0446. The molecule has 1 aliphatic carbocycles. The molecule has 2 N–H and O–H groups in total. The normalized spacial score (nSPS) is 20.9. The Morgan fingerprint density at radius 1 is 1.23 bits per heavy atom. The molecule has 0 radical (unpaired) electrons. The SMILES string of the molecule is CC(C)C1(C)CCCC(Oc2ccncc2NC(=O)NC(=O)c2c(F)cccc2F)C1. The van der Waals surface area contributed by atoms with E-state index in [2.05, 4.69) is 31.1 Å². The number of imide groups is 1. The van der Waals surface area contributed by atoms with Crippen LogP contribution in [-0.2, 0) is 0 Å². The second-order valence-electron chi connectivity index (χ2n) is 8.52. The van der Waals surface area contributed by atoms with E-state index in [1.165, 1.54) is 6.20 Å². The second kappa shape index (κ2) is 9.41. The van der Waals surface area contributed by atoms with Crippen molar-refractivity contribution in [1.82, 2.24) is 10.3 Å². The van der Waals surface area contributed by atoms with E-state index in [0.717, 1.165) is 43.9 Å². The van der Waals surface area contributed by atoms with E-state index in [1.54, 1.807) is 12.3 Å². The maximum atomic E-state index is 13.8. The van der Waals surface area contributed by atoms with Crippen molar-refractivity contribution < 1.29 is 23.1 Å². The molecule has 0 bridgehead atoms. The Morgan fingerprint density at radius 3 is 2.61 bits per heavy atom. The van der Waals surface area contributed by atoms with Crippen LogP contribution in [0.5, 0.6) is 5.75 Å². The molecule has 8 heteroatoms. The third-order valence-electron chi connectivity index (χ3n) is 6.10. The molecule has 6 nitrogen and oxygen atoms in total. The van der Waals surface area contributed by atoms with Crippen LogP contribution in [0.2, 0.25) is 0 Å². The number of halogens is 2. The minimum absolute atomic E-state index is 0.0127. The molecule has 0 aliphatic heterocycles. The lowest BCUT2D eigenvalue weighted by Crippen LogP contribution is -2.37. The predicted molar refractivity (Wildman–Crippen MR) is 113 cm³/mol. The molecule has 0 saturated heterocycles. The van der Waals surface area contributed by atoms with Gasteiger partial charge in [-0.1, -0.05) is 26.8 Å². The molecule has 1 aromatic heterocycles. The smallest absolute Gasteiger partial charge is 0.326 e. The van der Waals surface area contributed by atoms with Crippen LogP contribution in [0, 0.1) is 23.0 Å². The van der Waals surface area contributed by atoms with Crippen LogP contribution in [0.1, 0.15) is 56.8 Å². The standard InChI is InChI=1S/C23H27F2N3O3/c1-14(2)23(3)10-5-6-15(12-23)31-19-9-11-26-13-18(19)27-22(30)28-21(29)20-16(24)7-4-8-17(20)25/h4,7-9,11,13-15H,5-6,10,12H2,1-3H3,(H2,27,28,29,30). The third-order valence-corrected chi connectivity index (χ3v) is 6.10. The highest BCUT2D eigenvalue weighted by molar-refractivity contribution is 6.08. The Balaban J connectivity index is 1.68. The predicted octanol–water partition coefficient (Wildman–Crippen LogP) is 5.31. The summed E-state index contributed by atoms with van der Waals surface area (Å²) in [7, 11) is 0. The van der Waals surface area contributed by atoms with E-state index in [9.17, 15) is 18.4 Å². The molecule has 1 aliphatic rings. The number of amides is 3. The number of rotatable bonds is 5. The topological polar surface area (TPSA) is 80.3 Å². The van der Waals surface area contributed by atoms with Crippen LogP contribution in [0.4, 0.5) is 19.3 Å². The van der Waals surface area contributed by atoms with E-state index in [0.29, 0.717) is 11.7 Å². The molecule has 2 atom stereocenters. The van der Waals surface area contributed by atoms with Crippen molar-refractivity contribution in [2.75, 3.05) is 5.32 Å². The Morgan fingerprint density at radius 2 is 1.94 bits per heavy atom. The molecule has 3 amide bonds. The van der Waals surface area contributed by atoms with Crippen LogP contribution < -0.4 is 15.4 Å². The highest BCUT2D eigenvalue weighted by atomic mass is 19.1. The van der Waals surface area contributed by atoms with Gasteiger partial charge in [-0.25, -0.2) is 13.6 Å². The molecular formula is C23H27F2N3O3. The number of carbonyl (C=O) groups excluding carboxylic acids is 2. The number of aromatic nitrogens is 1. The van der Waals surface area contributed by atoms with Crippen molar-refractivity contribution in [2.45, 2.75) is 52.6 Å². The van der Waals surface area contributed by atoms with Gasteiger partial charge in [-0.3, -0.25) is 15.1 Å². The summed E-state index contributed by atoms with van der Waals surface area (Å²) in [5.74, 6) is -2.35. The lowest BCUT2D eigenvalue weighted by atomic mass is 9.67. The number of anilines is 1. The molecule has 0 spiro atoms. The monoisotopic (exact) mass is 431 g/mol. The van der Waals surface area contributed by atoms with Gasteiger partial charge in [0.15, 0.2) is 0 Å². The first-order valence-electron chi connectivity index (χ1n) is 10.4. The highest BCUT2D eigenvalue weighted by Gasteiger charge is 2.36.